The van der Waals surface area contributed by atoms with E-state index in [0.29, 0.717) is 45.7 Å². The van der Waals surface area contributed by atoms with Crippen molar-refractivity contribution in [2.45, 2.75) is 65.7 Å². The Balaban J connectivity index is 3.74. The van der Waals surface area contributed by atoms with E-state index in [1.807, 2.05) is 0 Å². The number of nitrogens with zero attached hydrogens (tertiary/aromatic N) is 1. The number of ether oxygens (including phenoxy) is 4. The second-order valence-corrected chi connectivity index (χ2v) is 7.77. The number of carbonyl (C=O) groups excluding carboxylic acids is 2. The van der Waals surface area contributed by atoms with Crippen molar-refractivity contribution >= 4 is 11.7 Å². The van der Waals surface area contributed by atoms with Crippen LogP contribution in [0.5, 0.6) is 0 Å². The van der Waals surface area contributed by atoms with Gasteiger partial charge in [0.2, 0.25) is 5.91 Å². The number of nitrogens with one attached hydrogen (secondary N) is 1. The summed E-state index contributed by atoms with van der Waals surface area (Å²) in [4.78, 5) is 25.1. The van der Waals surface area contributed by atoms with Gasteiger partial charge in [-0.2, -0.15) is 0 Å². The summed E-state index contributed by atoms with van der Waals surface area (Å²) >= 11 is 0. The minimum atomic E-state index is -0.0987. The zero-order chi connectivity index (χ0) is 23.7. The highest BCUT2D eigenvalue weighted by molar-refractivity contribution is 5.85. The van der Waals surface area contributed by atoms with Crippen molar-refractivity contribution in [1.29, 1.82) is 0 Å². The summed E-state index contributed by atoms with van der Waals surface area (Å²) < 4.78 is 22.6. The molecule has 190 valence electrons. The molecular formula is C24H48N2O6. The van der Waals surface area contributed by atoms with Gasteiger partial charge in [0.1, 0.15) is 0 Å². The van der Waals surface area contributed by atoms with Crippen LogP contribution in [0.2, 0.25) is 0 Å². The quantitative estimate of drug-likeness (QED) is 0.210. The van der Waals surface area contributed by atoms with Gasteiger partial charge in [0.05, 0.1) is 39.6 Å². The first-order valence-corrected chi connectivity index (χ1v) is 12.5. The maximum Gasteiger partial charge on any atom is 0.220 e. The highest BCUT2D eigenvalue weighted by Crippen LogP contribution is 1.96. The zero-order valence-electron chi connectivity index (χ0n) is 20.8. The third-order valence-electron chi connectivity index (χ3n) is 4.86. The molecule has 0 saturated carbocycles. The van der Waals surface area contributed by atoms with E-state index in [4.69, 9.17) is 18.9 Å². The van der Waals surface area contributed by atoms with Gasteiger partial charge in [-0.25, -0.2) is 0 Å². The van der Waals surface area contributed by atoms with Gasteiger partial charge in [-0.15, -0.1) is 0 Å². The standard InChI is InChI=1S/C24H48N2O6/c1-4-7-14-29-17-11-26(12-18-30-15-8-5-2)13-19-32-21-20-31-16-9-10-23(27)22-25-24(28)6-3/h4-22H2,1-3H3,(H,25,28). The SMILES string of the molecule is CCCCOCCN(CCOCCCC)CCOCCOCCCC(=O)CNC(=O)CC. The van der Waals surface area contributed by atoms with Gasteiger partial charge in [0, 0.05) is 52.3 Å². The topological polar surface area (TPSA) is 86.3 Å². The van der Waals surface area contributed by atoms with E-state index in [-0.39, 0.29) is 18.2 Å². The molecule has 1 amide bonds. The lowest BCUT2D eigenvalue weighted by Gasteiger charge is -2.22. The smallest absolute Gasteiger partial charge is 0.220 e. The maximum absolute atomic E-state index is 11.6. The Labute approximate surface area is 195 Å². The molecule has 0 aliphatic heterocycles. The Hall–Kier alpha value is -1.06. The number of ketones is 1. The number of amides is 1. The second kappa shape index (κ2) is 24.6. The molecule has 0 rings (SSSR count). The summed E-state index contributed by atoms with van der Waals surface area (Å²) in [6.45, 7) is 14.1. The average molecular weight is 461 g/mol. The molecule has 0 radical (unpaired) electrons. The molecule has 0 aliphatic rings. The van der Waals surface area contributed by atoms with Crippen LogP contribution in [0.3, 0.4) is 0 Å². The molecule has 0 bridgehead atoms. The first-order valence-electron chi connectivity index (χ1n) is 12.5. The molecule has 0 spiro atoms. The normalized spacial score (nSPS) is 11.2. The highest BCUT2D eigenvalue weighted by Gasteiger charge is 2.06. The predicted molar refractivity (Wildman–Crippen MR) is 127 cm³/mol. The molecule has 8 heteroatoms. The fraction of sp³-hybridized carbons (Fsp3) is 0.917. The maximum atomic E-state index is 11.6. The van der Waals surface area contributed by atoms with Crippen molar-refractivity contribution in [2.75, 3.05) is 79.0 Å². The van der Waals surface area contributed by atoms with Crippen LogP contribution >= 0.6 is 0 Å². The molecule has 8 nitrogen and oxygen atoms in total. The van der Waals surface area contributed by atoms with Gasteiger partial charge in [0.15, 0.2) is 5.78 Å². The van der Waals surface area contributed by atoms with E-state index in [1.165, 1.54) is 0 Å². The van der Waals surface area contributed by atoms with E-state index in [9.17, 15) is 9.59 Å². The van der Waals surface area contributed by atoms with Gasteiger partial charge in [0.25, 0.3) is 0 Å². The Morgan fingerprint density at radius 2 is 1.12 bits per heavy atom. The van der Waals surface area contributed by atoms with E-state index < -0.39 is 0 Å². The van der Waals surface area contributed by atoms with Crippen LogP contribution in [0, 0.1) is 0 Å². The summed E-state index contributed by atoms with van der Waals surface area (Å²) in [6.07, 6.45) is 5.98. The van der Waals surface area contributed by atoms with E-state index in [1.54, 1.807) is 6.92 Å². The molecule has 1 N–H and O–H groups in total. The molecule has 0 atom stereocenters. The lowest BCUT2D eigenvalue weighted by molar-refractivity contribution is -0.125. The summed E-state index contributed by atoms with van der Waals surface area (Å²) in [5.74, 6) is -0.0672. The molecule has 0 fully saturated rings. The van der Waals surface area contributed by atoms with Crippen molar-refractivity contribution in [3.05, 3.63) is 0 Å². The van der Waals surface area contributed by atoms with Crippen LogP contribution in [0.25, 0.3) is 0 Å². The Kier molecular flexibility index (Phi) is 23.8. The molecule has 0 saturated heterocycles. The molecular weight excluding hydrogens is 412 g/mol. The molecule has 0 aliphatic carbocycles. The van der Waals surface area contributed by atoms with Crippen molar-refractivity contribution in [2.24, 2.45) is 0 Å². The van der Waals surface area contributed by atoms with Crippen LogP contribution in [0.1, 0.15) is 65.7 Å². The number of rotatable bonds is 25. The van der Waals surface area contributed by atoms with Crippen LogP contribution in [0.4, 0.5) is 0 Å². The lowest BCUT2D eigenvalue weighted by atomic mass is 10.2. The van der Waals surface area contributed by atoms with Gasteiger partial charge in [-0.1, -0.05) is 33.6 Å². The van der Waals surface area contributed by atoms with Crippen LogP contribution < -0.4 is 5.32 Å². The molecule has 0 aromatic rings. The molecule has 0 aromatic carbocycles. The van der Waals surface area contributed by atoms with E-state index in [2.05, 4.69) is 24.1 Å². The third-order valence-corrected chi connectivity index (χ3v) is 4.86. The average Bonchev–Trinajstić information content (AvgIpc) is 2.80. The molecule has 0 unspecified atom stereocenters. The number of unbranched alkanes of at least 4 members (excludes halogenated alkanes) is 2. The summed E-state index contributed by atoms with van der Waals surface area (Å²) in [5.41, 5.74) is 0. The minimum Gasteiger partial charge on any atom is -0.380 e. The van der Waals surface area contributed by atoms with Gasteiger partial charge < -0.3 is 24.3 Å². The van der Waals surface area contributed by atoms with Crippen LogP contribution in [-0.2, 0) is 28.5 Å². The first kappa shape index (κ1) is 30.9. The molecule has 32 heavy (non-hydrogen) atoms. The van der Waals surface area contributed by atoms with Crippen molar-refractivity contribution in [1.82, 2.24) is 10.2 Å². The second-order valence-electron chi connectivity index (χ2n) is 7.77. The van der Waals surface area contributed by atoms with E-state index in [0.717, 1.165) is 71.7 Å². The molecule has 0 heterocycles. The predicted octanol–water partition coefficient (Wildman–Crippen LogP) is 2.83. The van der Waals surface area contributed by atoms with Crippen LogP contribution in [-0.4, -0.2) is 95.6 Å². The van der Waals surface area contributed by atoms with Crippen molar-refractivity contribution in [3.8, 4) is 0 Å². The number of Topliss-reactive ketones (excluding diaryl/α,β-unsaturated/α-hetero) is 1. The van der Waals surface area contributed by atoms with Gasteiger partial charge >= 0.3 is 0 Å². The highest BCUT2D eigenvalue weighted by atomic mass is 16.5. The minimum absolute atomic E-state index is 0.0316. The van der Waals surface area contributed by atoms with Gasteiger partial charge in [-0.3, -0.25) is 14.5 Å². The van der Waals surface area contributed by atoms with Crippen LogP contribution in [0.15, 0.2) is 0 Å². The monoisotopic (exact) mass is 460 g/mol. The lowest BCUT2D eigenvalue weighted by Crippen LogP contribution is -2.34. The summed E-state index contributed by atoms with van der Waals surface area (Å²) in [6, 6.07) is 0. The fourth-order valence-corrected chi connectivity index (χ4v) is 2.72. The fourth-order valence-electron chi connectivity index (χ4n) is 2.72. The molecule has 0 aromatic heterocycles. The largest absolute Gasteiger partial charge is 0.380 e. The third kappa shape index (κ3) is 22.1. The van der Waals surface area contributed by atoms with Crippen molar-refractivity contribution in [3.63, 3.8) is 0 Å². The Morgan fingerprint density at radius 3 is 1.62 bits per heavy atom. The number of carbonyl (C=O) groups is 2. The zero-order valence-corrected chi connectivity index (χ0v) is 20.8. The van der Waals surface area contributed by atoms with Gasteiger partial charge in [-0.05, 0) is 19.3 Å². The Morgan fingerprint density at radius 1 is 0.656 bits per heavy atom. The van der Waals surface area contributed by atoms with Crippen molar-refractivity contribution < 1.29 is 28.5 Å². The summed E-state index contributed by atoms with van der Waals surface area (Å²) in [7, 11) is 0. The number of hydrogen-bond acceptors (Lipinski definition) is 7. The Bertz CT molecular complexity index is 423. The van der Waals surface area contributed by atoms with E-state index >= 15 is 0 Å². The summed E-state index contributed by atoms with van der Waals surface area (Å²) in [5, 5.41) is 2.59. The first-order chi connectivity index (χ1) is 15.6. The number of hydrogen-bond donors (Lipinski definition) is 1.